The van der Waals surface area contributed by atoms with Crippen molar-refractivity contribution in [3.63, 3.8) is 0 Å². The van der Waals surface area contributed by atoms with Crippen LogP contribution in [0, 0.1) is 5.82 Å². The van der Waals surface area contributed by atoms with E-state index in [0.29, 0.717) is 4.47 Å². The predicted molar refractivity (Wildman–Crippen MR) is 58.5 cm³/mol. The van der Waals surface area contributed by atoms with Crippen LogP contribution >= 0.6 is 15.9 Å². The molecule has 3 nitrogen and oxygen atoms in total. The van der Waals surface area contributed by atoms with E-state index in [1.165, 1.54) is 6.07 Å². The van der Waals surface area contributed by atoms with E-state index in [2.05, 4.69) is 15.9 Å². The normalized spacial score (nSPS) is 13.4. The third-order valence-electron chi connectivity index (χ3n) is 2.02. The highest BCUT2D eigenvalue weighted by Crippen LogP contribution is 2.23. The zero-order chi connectivity index (χ0) is 13.9. The van der Waals surface area contributed by atoms with Gasteiger partial charge < -0.3 is 5.11 Å². The molecule has 0 fully saturated rings. The maximum atomic E-state index is 13.4. The van der Waals surface area contributed by atoms with Crippen LogP contribution in [0.2, 0.25) is 0 Å². The Bertz CT molecular complexity index is 450. The van der Waals surface area contributed by atoms with Crippen molar-refractivity contribution in [2.45, 2.75) is 12.2 Å². The SMILES string of the molecule is O=C(O)C(NCC(F)(F)F)c1cc(Br)ccc1F. The van der Waals surface area contributed by atoms with Crippen molar-refractivity contribution in [1.82, 2.24) is 5.32 Å². The van der Waals surface area contributed by atoms with Crippen molar-refractivity contribution in [2.75, 3.05) is 6.54 Å². The van der Waals surface area contributed by atoms with Gasteiger partial charge in [0.2, 0.25) is 0 Å². The molecule has 0 aliphatic rings. The molecule has 0 aliphatic carbocycles. The van der Waals surface area contributed by atoms with Gasteiger partial charge in [0.1, 0.15) is 11.9 Å². The van der Waals surface area contributed by atoms with Crippen LogP contribution in [0.15, 0.2) is 22.7 Å². The van der Waals surface area contributed by atoms with Gasteiger partial charge in [-0.3, -0.25) is 10.1 Å². The van der Waals surface area contributed by atoms with Gasteiger partial charge in [0, 0.05) is 10.0 Å². The molecule has 0 bridgehead atoms. The molecule has 0 heterocycles. The van der Waals surface area contributed by atoms with Crippen molar-refractivity contribution in [3.8, 4) is 0 Å². The quantitative estimate of drug-likeness (QED) is 0.835. The molecule has 1 atom stereocenters. The molecule has 1 aromatic carbocycles. The molecule has 1 unspecified atom stereocenters. The van der Waals surface area contributed by atoms with Crippen molar-refractivity contribution in [3.05, 3.63) is 34.1 Å². The molecule has 0 saturated carbocycles. The summed E-state index contributed by atoms with van der Waals surface area (Å²) in [4.78, 5) is 10.9. The fraction of sp³-hybridized carbons (Fsp3) is 0.300. The first-order valence-corrected chi connectivity index (χ1v) is 5.48. The summed E-state index contributed by atoms with van der Waals surface area (Å²) in [5, 5.41) is 10.6. The summed E-state index contributed by atoms with van der Waals surface area (Å²) in [7, 11) is 0. The molecule has 8 heteroatoms. The van der Waals surface area contributed by atoms with E-state index in [4.69, 9.17) is 5.11 Å². The lowest BCUT2D eigenvalue weighted by atomic mass is 10.1. The van der Waals surface area contributed by atoms with Crippen LogP contribution < -0.4 is 5.32 Å². The van der Waals surface area contributed by atoms with Crippen molar-refractivity contribution in [1.29, 1.82) is 0 Å². The van der Waals surface area contributed by atoms with Gasteiger partial charge in [0.25, 0.3) is 0 Å². The van der Waals surface area contributed by atoms with E-state index in [1.54, 1.807) is 5.32 Å². The summed E-state index contributed by atoms with van der Waals surface area (Å²) in [6, 6.07) is 1.66. The first kappa shape index (κ1) is 14.9. The molecular weight excluding hydrogens is 322 g/mol. The largest absolute Gasteiger partial charge is 0.480 e. The van der Waals surface area contributed by atoms with Crippen LogP contribution in [-0.2, 0) is 4.79 Å². The summed E-state index contributed by atoms with van der Waals surface area (Å²) in [6.07, 6.45) is -4.57. The number of hydrogen-bond acceptors (Lipinski definition) is 2. The minimum Gasteiger partial charge on any atom is -0.480 e. The van der Waals surface area contributed by atoms with Gasteiger partial charge in [-0.1, -0.05) is 15.9 Å². The van der Waals surface area contributed by atoms with E-state index >= 15 is 0 Å². The number of rotatable bonds is 4. The molecule has 100 valence electrons. The Hall–Kier alpha value is -1.15. The van der Waals surface area contributed by atoms with Crippen LogP contribution in [0.1, 0.15) is 11.6 Å². The summed E-state index contributed by atoms with van der Waals surface area (Å²) in [6.45, 7) is -1.52. The Morgan fingerprint density at radius 3 is 2.56 bits per heavy atom. The number of aliphatic carboxylic acids is 1. The molecule has 0 spiro atoms. The first-order chi connectivity index (χ1) is 8.20. The molecule has 1 rings (SSSR count). The van der Waals surface area contributed by atoms with Gasteiger partial charge in [0.05, 0.1) is 6.54 Å². The smallest absolute Gasteiger partial charge is 0.401 e. The fourth-order valence-corrected chi connectivity index (χ4v) is 1.66. The number of halogens is 5. The molecule has 1 aromatic rings. The Morgan fingerprint density at radius 2 is 2.06 bits per heavy atom. The minimum atomic E-state index is -4.57. The van der Waals surface area contributed by atoms with Crippen molar-refractivity contribution >= 4 is 21.9 Å². The predicted octanol–water partition coefficient (Wildman–Crippen LogP) is 2.87. The first-order valence-electron chi connectivity index (χ1n) is 4.68. The summed E-state index contributed by atoms with van der Waals surface area (Å²) in [5.74, 6) is -2.48. The van der Waals surface area contributed by atoms with E-state index < -0.39 is 30.5 Å². The lowest BCUT2D eigenvalue weighted by molar-refractivity contribution is -0.143. The van der Waals surface area contributed by atoms with Crippen LogP contribution in [-0.4, -0.2) is 23.8 Å². The van der Waals surface area contributed by atoms with E-state index in [1.807, 2.05) is 0 Å². The summed E-state index contributed by atoms with van der Waals surface area (Å²) < 4.78 is 49.8. The molecule has 0 saturated heterocycles. The van der Waals surface area contributed by atoms with Gasteiger partial charge in [-0.25, -0.2) is 4.39 Å². The van der Waals surface area contributed by atoms with E-state index in [0.717, 1.165) is 12.1 Å². The van der Waals surface area contributed by atoms with Crippen LogP contribution in [0.5, 0.6) is 0 Å². The fourth-order valence-electron chi connectivity index (χ4n) is 1.28. The highest BCUT2D eigenvalue weighted by atomic mass is 79.9. The van der Waals surface area contributed by atoms with Gasteiger partial charge in [-0.15, -0.1) is 0 Å². The summed E-state index contributed by atoms with van der Waals surface area (Å²) >= 11 is 2.99. The maximum Gasteiger partial charge on any atom is 0.401 e. The van der Waals surface area contributed by atoms with E-state index in [-0.39, 0.29) is 5.56 Å². The van der Waals surface area contributed by atoms with Gasteiger partial charge >= 0.3 is 12.1 Å². The number of carboxylic acids is 1. The Labute approximate surface area is 108 Å². The zero-order valence-electron chi connectivity index (χ0n) is 8.76. The third kappa shape index (κ3) is 4.26. The highest BCUT2D eigenvalue weighted by Gasteiger charge is 2.31. The molecular formula is C10H8BrF4NO2. The molecule has 18 heavy (non-hydrogen) atoms. The topological polar surface area (TPSA) is 49.3 Å². The molecule has 0 aliphatic heterocycles. The Morgan fingerprint density at radius 1 is 1.44 bits per heavy atom. The maximum absolute atomic E-state index is 13.4. The average Bonchev–Trinajstić information content (AvgIpc) is 2.21. The minimum absolute atomic E-state index is 0.360. The standard InChI is InChI=1S/C10H8BrF4NO2/c11-5-1-2-7(12)6(3-5)8(9(17)18)16-4-10(13,14)15/h1-3,8,16H,4H2,(H,17,18). The number of benzene rings is 1. The second-order valence-electron chi connectivity index (χ2n) is 3.43. The monoisotopic (exact) mass is 329 g/mol. The second-order valence-corrected chi connectivity index (χ2v) is 4.35. The highest BCUT2D eigenvalue weighted by molar-refractivity contribution is 9.10. The Kier molecular flexibility index (Phi) is 4.69. The van der Waals surface area contributed by atoms with Gasteiger partial charge in [-0.2, -0.15) is 13.2 Å². The average molecular weight is 330 g/mol. The lowest BCUT2D eigenvalue weighted by Crippen LogP contribution is -2.36. The third-order valence-corrected chi connectivity index (χ3v) is 2.52. The Balaban J connectivity index is 2.98. The zero-order valence-corrected chi connectivity index (χ0v) is 10.3. The van der Waals surface area contributed by atoms with Crippen LogP contribution in [0.3, 0.4) is 0 Å². The van der Waals surface area contributed by atoms with E-state index in [9.17, 15) is 22.4 Å². The number of alkyl halides is 3. The molecule has 0 radical (unpaired) electrons. The van der Waals surface area contributed by atoms with Crippen molar-refractivity contribution < 1.29 is 27.5 Å². The summed E-state index contributed by atoms with van der Waals surface area (Å²) in [5.41, 5.74) is -0.360. The lowest BCUT2D eigenvalue weighted by Gasteiger charge is -2.17. The van der Waals surface area contributed by atoms with Crippen LogP contribution in [0.25, 0.3) is 0 Å². The molecule has 0 aromatic heterocycles. The molecule has 2 N–H and O–H groups in total. The van der Waals surface area contributed by atoms with Crippen molar-refractivity contribution in [2.24, 2.45) is 0 Å². The number of carbonyl (C=O) groups is 1. The van der Waals surface area contributed by atoms with Gasteiger partial charge in [0.15, 0.2) is 0 Å². The number of carboxylic acid groups (broad SMARTS) is 1. The second kappa shape index (κ2) is 5.66. The number of hydrogen-bond donors (Lipinski definition) is 2. The van der Waals surface area contributed by atoms with Crippen LogP contribution in [0.4, 0.5) is 17.6 Å². The number of nitrogens with one attached hydrogen (secondary N) is 1. The van der Waals surface area contributed by atoms with Gasteiger partial charge in [-0.05, 0) is 18.2 Å². The molecule has 0 amide bonds.